The van der Waals surface area contributed by atoms with Crippen LogP contribution in [0.15, 0.2) is 23.4 Å². The summed E-state index contributed by atoms with van der Waals surface area (Å²) in [6, 6.07) is 1.33. The number of primary amides is 1. The Morgan fingerprint density at radius 3 is 2.71 bits per heavy atom. The van der Waals surface area contributed by atoms with Crippen LogP contribution in [0.5, 0.6) is 0 Å². The first-order chi connectivity index (χ1) is 9.66. The zero-order chi connectivity index (χ0) is 16.1. The normalized spacial score (nSPS) is 11.6. The number of pyridine rings is 1. The molecule has 8 heteroatoms. The average Bonchev–Trinajstić information content (AvgIpc) is 2.33. The Labute approximate surface area is 123 Å². The number of aliphatic hydroxyl groups is 1. The van der Waals surface area contributed by atoms with E-state index in [1.807, 2.05) is 0 Å². The second kappa shape index (κ2) is 6.67. The molecular formula is C13H17N3O4S. The van der Waals surface area contributed by atoms with Crippen LogP contribution in [0.1, 0.15) is 25.8 Å². The van der Waals surface area contributed by atoms with Crippen LogP contribution in [0.3, 0.4) is 0 Å². The van der Waals surface area contributed by atoms with Crippen LogP contribution >= 0.6 is 0 Å². The predicted molar refractivity (Wildman–Crippen MR) is 76.4 cm³/mol. The van der Waals surface area contributed by atoms with Crippen molar-refractivity contribution in [1.82, 2.24) is 9.71 Å². The highest BCUT2D eigenvalue weighted by Gasteiger charge is 2.28. The number of nitrogens with one attached hydrogen (secondary N) is 1. The fourth-order valence-electron chi connectivity index (χ4n) is 1.67. The van der Waals surface area contributed by atoms with Crippen LogP contribution in [0.4, 0.5) is 0 Å². The molecule has 0 atom stereocenters. The first-order valence-corrected chi connectivity index (χ1v) is 7.52. The summed E-state index contributed by atoms with van der Waals surface area (Å²) in [5.41, 5.74) is 4.43. The first-order valence-electron chi connectivity index (χ1n) is 6.03. The van der Waals surface area contributed by atoms with Crippen LogP contribution in [-0.4, -0.2) is 36.6 Å². The number of hydrogen-bond donors (Lipinski definition) is 3. The SMILES string of the molecule is CC(C)(CC(N)=O)NS(=O)(=O)c1cncc(C#CCO)c1. The molecule has 21 heavy (non-hydrogen) atoms. The zero-order valence-electron chi connectivity index (χ0n) is 11.8. The fraction of sp³-hybridized carbons (Fsp3) is 0.385. The molecular weight excluding hydrogens is 294 g/mol. The molecule has 7 nitrogen and oxygen atoms in total. The number of sulfonamides is 1. The maximum atomic E-state index is 12.3. The molecule has 0 saturated heterocycles. The Bertz CT molecular complexity index is 687. The summed E-state index contributed by atoms with van der Waals surface area (Å²) >= 11 is 0. The number of carbonyl (C=O) groups is 1. The third kappa shape index (κ3) is 5.51. The van der Waals surface area contributed by atoms with Gasteiger partial charge in [-0.3, -0.25) is 9.78 Å². The lowest BCUT2D eigenvalue weighted by Gasteiger charge is -2.24. The summed E-state index contributed by atoms with van der Waals surface area (Å²) in [6.45, 7) is 2.77. The van der Waals surface area contributed by atoms with Crippen molar-refractivity contribution >= 4 is 15.9 Å². The van der Waals surface area contributed by atoms with Gasteiger partial charge in [-0.25, -0.2) is 13.1 Å². The Hall–Kier alpha value is -1.95. The van der Waals surface area contributed by atoms with Crippen molar-refractivity contribution in [3.63, 3.8) is 0 Å². The molecule has 114 valence electrons. The van der Waals surface area contributed by atoms with Gasteiger partial charge in [-0.05, 0) is 19.9 Å². The van der Waals surface area contributed by atoms with E-state index in [1.165, 1.54) is 18.5 Å². The minimum Gasteiger partial charge on any atom is -0.384 e. The minimum absolute atomic E-state index is 0.0789. The molecule has 0 aliphatic heterocycles. The van der Waals surface area contributed by atoms with E-state index in [0.717, 1.165) is 0 Å². The fourth-order valence-corrected chi connectivity index (χ4v) is 3.07. The van der Waals surface area contributed by atoms with E-state index in [2.05, 4.69) is 21.5 Å². The molecule has 1 aromatic heterocycles. The molecule has 0 radical (unpaired) electrons. The van der Waals surface area contributed by atoms with Gasteiger partial charge in [0.2, 0.25) is 15.9 Å². The molecule has 0 spiro atoms. The highest BCUT2D eigenvalue weighted by Crippen LogP contribution is 2.15. The van der Waals surface area contributed by atoms with Gasteiger partial charge in [0.05, 0.1) is 0 Å². The van der Waals surface area contributed by atoms with E-state index in [9.17, 15) is 13.2 Å². The Morgan fingerprint density at radius 2 is 2.14 bits per heavy atom. The number of amides is 1. The Morgan fingerprint density at radius 1 is 1.48 bits per heavy atom. The van der Waals surface area contributed by atoms with Crippen molar-refractivity contribution in [3.05, 3.63) is 24.0 Å². The summed E-state index contributed by atoms with van der Waals surface area (Å²) in [4.78, 5) is 14.7. The van der Waals surface area contributed by atoms with E-state index < -0.39 is 21.5 Å². The smallest absolute Gasteiger partial charge is 0.242 e. The van der Waals surface area contributed by atoms with Crippen LogP contribution in [0.25, 0.3) is 0 Å². The summed E-state index contributed by atoms with van der Waals surface area (Å²) in [5.74, 6) is 4.37. The lowest BCUT2D eigenvalue weighted by Crippen LogP contribution is -2.45. The number of aliphatic hydroxyl groups excluding tert-OH is 1. The van der Waals surface area contributed by atoms with Crippen molar-refractivity contribution in [2.45, 2.75) is 30.7 Å². The largest absolute Gasteiger partial charge is 0.384 e. The standard InChI is InChI=1S/C13H17N3O4S/c1-13(2,7-12(14)18)16-21(19,20)11-6-10(4-3-5-17)8-15-9-11/h6,8-9,16-17H,5,7H2,1-2H3,(H2,14,18). The van der Waals surface area contributed by atoms with Gasteiger partial charge in [-0.2, -0.15) is 0 Å². The maximum Gasteiger partial charge on any atom is 0.242 e. The third-order valence-corrected chi connectivity index (χ3v) is 4.03. The minimum atomic E-state index is -3.86. The highest BCUT2D eigenvalue weighted by atomic mass is 32.2. The molecule has 0 saturated carbocycles. The van der Waals surface area contributed by atoms with Crippen LogP contribution in [0.2, 0.25) is 0 Å². The number of hydrogen-bond acceptors (Lipinski definition) is 5. The Balaban J connectivity index is 3.05. The van der Waals surface area contributed by atoms with Crippen molar-refractivity contribution in [2.24, 2.45) is 5.73 Å². The van der Waals surface area contributed by atoms with Crippen LogP contribution in [-0.2, 0) is 14.8 Å². The summed E-state index contributed by atoms with van der Waals surface area (Å²) in [7, 11) is -3.86. The van der Waals surface area contributed by atoms with E-state index in [1.54, 1.807) is 13.8 Å². The van der Waals surface area contributed by atoms with Crippen LogP contribution in [0, 0.1) is 11.8 Å². The molecule has 0 aromatic carbocycles. The molecule has 0 aliphatic carbocycles. The van der Waals surface area contributed by atoms with Crippen molar-refractivity contribution in [1.29, 1.82) is 0 Å². The van der Waals surface area contributed by atoms with Gasteiger partial charge >= 0.3 is 0 Å². The molecule has 1 heterocycles. The second-order valence-corrected chi connectivity index (χ2v) is 6.68. The van der Waals surface area contributed by atoms with Gasteiger partial charge in [0, 0.05) is 29.9 Å². The number of rotatable bonds is 5. The van der Waals surface area contributed by atoms with Crippen molar-refractivity contribution in [2.75, 3.05) is 6.61 Å². The molecule has 0 unspecified atom stereocenters. The molecule has 4 N–H and O–H groups in total. The molecule has 0 bridgehead atoms. The van der Waals surface area contributed by atoms with E-state index in [-0.39, 0.29) is 17.9 Å². The Kier molecular flexibility index (Phi) is 5.43. The topological polar surface area (TPSA) is 122 Å². The van der Waals surface area contributed by atoms with Gasteiger partial charge in [0.15, 0.2) is 0 Å². The highest BCUT2D eigenvalue weighted by molar-refractivity contribution is 7.89. The molecule has 1 amide bonds. The number of aromatic nitrogens is 1. The maximum absolute atomic E-state index is 12.3. The van der Waals surface area contributed by atoms with E-state index in [0.29, 0.717) is 5.56 Å². The van der Waals surface area contributed by atoms with Crippen molar-refractivity contribution < 1.29 is 18.3 Å². The summed E-state index contributed by atoms with van der Waals surface area (Å²) in [5, 5.41) is 8.63. The number of nitrogens with two attached hydrogens (primary N) is 1. The van der Waals surface area contributed by atoms with E-state index in [4.69, 9.17) is 10.8 Å². The lowest BCUT2D eigenvalue weighted by atomic mass is 10.0. The molecule has 0 fully saturated rings. The van der Waals surface area contributed by atoms with Crippen molar-refractivity contribution in [3.8, 4) is 11.8 Å². The first kappa shape index (κ1) is 17.1. The van der Waals surface area contributed by atoms with Gasteiger partial charge in [0.25, 0.3) is 0 Å². The monoisotopic (exact) mass is 311 g/mol. The lowest BCUT2D eigenvalue weighted by molar-refractivity contribution is -0.119. The van der Waals surface area contributed by atoms with Crippen LogP contribution < -0.4 is 10.5 Å². The zero-order valence-corrected chi connectivity index (χ0v) is 12.6. The number of carbonyl (C=O) groups excluding carboxylic acids is 1. The second-order valence-electron chi connectivity index (χ2n) is 5.00. The molecule has 0 aliphatic rings. The van der Waals surface area contributed by atoms with Gasteiger partial charge in [0.1, 0.15) is 11.5 Å². The third-order valence-electron chi connectivity index (χ3n) is 2.36. The number of nitrogens with zero attached hydrogens (tertiary/aromatic N) is 1. The quantitative estimate of drug-likeness (QED) is 0.624. The molecule has 1 rings (SSSR count). The predicted octanol–water partition coefficient (Wildman–Crippen LogP) is -0.642. The summed E-state index contributed by atoms with van der Waals surface area (Å²) in [6.07, 6.45) is 2.42. The van der Waals surface area contributed by atoms with Gasteiger partial charge < -0.3 is 10.8 Å². The van der Waals surface area contributed by atoms with Gasteiger partial charge in [-0.15, -0.1) is 0 Å². The molecule has 1 aromatic rings. The van der Waals surface area contributed by atoms with E-state index >= 15 is 0 Å². The van der Waals surface area contributed by atoms with Gasteiger partial charge in [-0.1, -0.05) is 11.8 Å². The average molecular weight is 311 g/mol. The summed E-state index contributed by atoms with van der Waals surface area (Å²) < 4.78 is 26.9.